The van der Waals surface area contributed by atoms with E-state index in [1.807, 2.05) is 6.92 Å². The molecule has 0 radical (unpaired) electrons. The number of allylic oxidation sites excluding steroid dienone is 3. The molecule has 3 N–H and O–H groups in total. The average Bonchev–Trinajstić information content (AvgIpc) is 3.60. The minimum absolute atomic E-state index is 0.0458. The van der Waals surface area contributed by atoms with Gasteiger partial charge in [0.25, 0.3) is 0 Å². The van der Waals surface area contributed by atoms with E-state index in [0.29, 0.717) is 68.7 Å². The molecule has 1 aliphatic carbocycles. The van der Waals surface area contributed by atoms with Gasteiger partial charge in [0, 0.05) is 41.6 Å². The summed E-state index contributed by atoms with van der Waals surface area (Å²) in [4.78, 5) is 27.5. The maximum atomic E-state index is 13.2. The van der Waals surface area contributed by atoms with Gasteiger partial charge in [0.2, 0.25) is 11.0 Å². The van der Waals surface area contributed by atoms with Crippen molar-refractivity contribution in [3.05, 3.63) is 64.5 Å². The van der Waals surface area contributed by atoms with Gasteiger partial charge in [0.15, 0.2) is 10.1 Å². The number of anilines is 2. The molecule has 3 heterocycles. The van der Waals surface area contributed by atoms with E-state index in [9.17, 15) is 14.9 Å². The summed E-state index contributed by atoms with van der Waals surface area (Å²) in [7, 11) is 3.07. The molecule has 11 nitrogen and oxygen atoms in total. The molecule has 1 aliphatic heterocycles. The van der Waals surface area contributed by atoms with E-state index in [1.54, 1.807) is 35.2 Å². The van der Waals surface area contributed by atoms with Gasteiger partial charge in [-0.1, -0.05) is 23.1 Å². The van der Waals surface area contributed by atoms with Crippen LogP contribution in [0, 0.1) is 18.3 Å². The van der Waals surface area contributed by atoms with Crippen LogP contribution in [-0.4, -0.2) is 41.9 Å². The second kappa shape index (κ2) is 11.4. The van der Waals surface area contributed by atoms with Crippen LogP contribution in [0.15, 0.2) is 61.8 Å². The molecule has 2 aliphatic rings. The second-order valence-electron chi connectivity index (χ2n) is 9.05. The molecule has 1 aromatic carbocycles. The number of rotatable bonds is 8. The molecule has 5 rings (SSSR count). The molecule has 0 fully saturated rings. The van der Waals surface area contributed by atoms with Crippen molar-refractivity contribution in [2.45, 2.75) is 36.4 Å². The van der Waals surface area contributed by atoms with Crippen molar-refractivity contribution in [3.8, 4) is 17.6 Å². The summed E-state index contributed by atoms with van der Waals surface area (Å²) in [6, 6.07) is 10.9. The average molecular weight is 579 g/mol. The third-order valence-corrected chi connectivity index (χ3v) is 8.55. The standard InChI is InChI=1S/C27H26N6O5S2/c1-14-7-8-21(38-14)23-18(12-28)25(29)33(19-5-4-6-20(34)24(19)23)26-31-32-27(40-26)39-13-22(35)30-15-9-16(36-2)11-17(10-15)37-3/h7-11,23H,4-6,13,29H2,1-3H3,(H,30,35). The van der Waals surface area contributed by atoms with E-state index in [4.69, 9.17) is 19.6 Å². The molecular weight excluding hydrogens is 552 g/mol. The summed E-state index contributed by atoms with van der Waals surface area (Å²) in [5, 5.41) is 21.9. The SMILES string of the molecule is COc1cc(NC(=O)CSc2nnc(N3C(N)=C(C#N)C(c4ccc(C)o4)C4=C3CCCC4=O)s2)cc(OC)c1. The van der Waals surface area contributed by atoms with E-state index >= 15 is 0 Å². The second-order valence-corrected chi connectivity index (χ2v) is 11.2. The van der Waals surface area contributed by atoms with Crippen LogP contribution in [0.2, 0.25) is 0 Å². The van der Waals surface area contributed by atoms with Gasteiger partial charge in [0.1, 0.15) is 28.8 Å². The smallest absolute Gasteiger partial charge is 0.234 e. The maximum Gasteiger partial charge on any atom is 0.234 e. The van der Waals surface area contributed by atoms with Gasteiger partial charge in [-0.25, -0.2) is 0 Å². The Balaban J connectivity index is 1.37. The number of nitrogens with two attached hydrogens (primary N) is 1. The number of ketones is 1. The number of nitriles is 1. The number of Topliss-reactive ketones (excluding diaryl/α,β-unsaturated/α-hetero) is 1. The van der Waals surface area contributed by atoms with Crippen molar-refractivity contribution in [2.24, 2.45) is 5.73 Å². The Labute approximate surface area is 238 Å². The van der Waals surface area contributed by atoms with Crippen molar-refractivity contribution in [2.75, 3.05) is 30.2 Å². The molecule has 0 saturated heterocycles. The number of nitrogens with one attached hydrogen (secondary N) is 1. The molecule has 40 heavy (non-hydrogen) atoms. The number of amides is 1. The highest BCUT2D eigenvalue weighted by Crippen LogP contribution is 2.47. The van der Waals surface area contributed by atoms with Crippen LogP contribution in [0.25, 0.3) is 0 Å². The number of nitrogens with zero attached hydrogens (tertiary/aromatic N) is 4. The fourth-order valence-corrected chi connectivity index (χ4v) is 6.43. The lowest BCUT2D eigenvalue weighted by atomic mass is 9.78. The number of furan rings is 1. The Kier molecular flexibility index (Phi) is 7.81. The highest BCUT2D eigenvalue weighted by Gasteiger charge is 2.42. The Morgan fingerprint density at radius 2 is 2.00 bits per heavy atom. The van der Waals surface area contributed by atoms with E-state index in [2.05, 4.69) is 21.6 Å². The molecule has 1 amide bonds. The molecule has 0 saturated carbocycles. The van der Waals surface area contributed by atoms with Crippen molar-refractivity contribution < 1.29 is 23.5 Å². The molecule has 1 atom stereocenters. The van der Waals surface area contributed by atoms with Crippen molar-refractivity contribution in [3.63, 3.8) is 0 Å². The van der Waals surface area contributed by atoms with Crippen molar-refractivity contribution in [1.29, 1.82) is 5.26 Å². The van der Waals surface area contributed by atoms with E-state index < -0.39 is 5.92 Å². The molecule has 0 bridgehead atoms. The number of thioether (sulfide) groups is 1. The van der Waals surface area contributed by atoms with Crippen LogP contribution in [-0.2, 0) is 9.59 Å². The number of hydrogen-bond donors (Lipinski definition) is 2. The molecule has 13 heteroatoms. The highest BCUT2D eigenvalue weighted by atomic mass is 32.2. The monoisotopic (exact) mass is 578 g/mol. The predicted octanol–water partition coefficient (Wildman–Crippen LogP) is 4.49. The normalized spacial score (nSPS) is 17.0. The van der Waals surface area contributed by atoms with Gasteiger partial charge in [-0.2, -0.15) is 5.26 Å². The van der Waals surface area contributed by atoms with Crippen LogP contribution in [0.1, 0.15) is 36.7 Å². The number of aryl methyl sites for hydroxylation is 1. The lowest BCUT2D eigenvalue weighted by Crippen LogP contribution is -2.38. The van der Waals surface area contributed by atoms with Gasteiger partial charge in [0.05, 0.1) is 37.5 Å². The number of hydrogen-bond acceptors (Lipinski definition) is 12. The van der Waals surface area contributed by atoms with Crippen LogP contribution >= 0.6 is 23.1 Å². The number of aromatic nitrogens is 2. The lowest BCUT2D eigenvalue weighted by Gasteiger charge is -2.37. The van der Waals surface area contributed by atoms with E-state index in [-0.39, 0.29) is 28.8 Å². The van der Waals surface area contributed by atoms with Gasteiger partial charge in [-0.05, 0) is 31.9 Å². The van der Waals surface area contributed by atoms with Crippen LogP contribution < -0.4 is 25.4 Å². The lowest BCUT2D eigenvalue weighted by molar-refractivity contribution is -0.116. The number of ether oxygens (including phenoxy) is 2. The van der Waals surface area contributed by atoms with E-state index in [1.165, 1.54) is 37.3 Å². The minimum Gasteiger partial charge on any atom is -0.497 e. The van der Waals surface area contributed by atoms with Crippen molar-refractivity contribution in [1.82, 2.24) is 10.2 Å². The fraction of sp³-hybridized carbons (Fsp3) is 0.296. The predicted molar refractivity (Wildman–Crippen MR) is 150 cm³/mol. The first-order valence-electron chi connectivity index (χ1n) is 12.3. The fourth-order valence-electron chi connectivity index (χ4n) is 4.75. The third kappa shape index (κ3) is 5.28. The summed E-state index contributed by atoms with van der Waals surface area (Å²) in [5.41, 5.74) is 8.53. The van der Waals surface area contributed by atoms with Crippen LogP contribution in [0.4, 0.5) is 10.8 Å². The number of methoxy groups -OCH3 is 2. The zero-order valence-electron chi connectivity index (χ0n) is 22.0. The summed E-state index contributed by atoms with van der Waals surface area (Å²) in [5.74, 6) is 1.60. The zero-order valence-corrected chi connectivity index (χ0v) is 23.6. The van der Waals surface area contributed by atoms with Gasteiger partial charge in [-0.15, -0.1) is 10.2 Å². The van der Waals surface area contributed by atoms with E-state index in [0.717, 1.165) is 0 Å². The first-order chi connectivity index (χ1) is 19.3. The molecule has 1 unspecified atom stereocenters. The quantitative estimate of drug-likeness (QED) is 0.363. The number of benzene rings is 1. The van der Waals surface area contributed by atoms with Crippen LogP contribution in [0.3, 0.4) is 0 Å². The summed E-state index contributed by atoms with van der Waals surface area (Å²) in [6.07, 6.45) is 1.63. The Morgan fingerprint density at radius 1 is 1.25 bits per heavy atom. The van der Waals surface area contributed by atoms with Crippen LogP contribution in [0.5, 0.6) is 11.5 Å². The number of carbonyl (C=O) groups excluding carboxylic acids is 2. The first-order valence-corrected chi connectivity index (χ1v) is 14.1. The molecule has 0 spiro atoms. The maximum absolute atomic E-state index is 13.2. The molecule has 2 aromatic heterocycles. The molecule has 206 valence electrons. The number of carbonyl (C=O) groups is 2. The molecule has 3 aromatic rings. The minimum atomic E-state index is -0.668. The Morgan fingerprint density at radius 3 is 2.65 bits per heavy atom. The third-order valence-electron chi connectivity index (χ3n) is 6.51. The van der Waals surface area contributed by atoms with Gasteiger partial charge >= 0.3 is 0 Å². The Hall–Kier alpha value is -4.28. The summed E-state index contributed by atoms with van der Waals surface area (Å²) in [6.45, 7) is 1.81. The zero-order chi connectivity index (χ0) is 28.4. The largest absolute Gasteiger partial charge is 0.497 e. The van der Waals surface area contributed by atoms with Crippen molar-refractivity contribution >= 4 is 45.6 Å². The summed E-state index contributed by atoms with van der Waals surface area (Å²) >= 11 is 2.44. The first kappa shape index (κ1) is 27.3. The summed E-state index contributed by atoms with van der Waals surface area (Å²) < 4.78 is 16.9. The van der Waals surface area contributed by atoms with Gasteiger partial charge < -0.3 is 24.9 Å². The topological polar surface area (TPSA) is 157 Å². The van der Waals surface area contributed by atoms with Gasteiger partial charge in [-0.3, -0.25) is 14.5 Å². The molecular formula is C27H26N6O5S2. The highest BCUT2D eigenvalue weighted by molar-refractivity contribution is 8.01. The Bertz CT molecular complexity index is 1560.